The zero-order valence-corrected chi connectivity index (χ0v) is 8.16. The minimum Gasteiger partial charge on any atom is -0.387 e. The second-order valence-corrected chi connectivity index (χ2v) is 3.21. The summed E-state index contributed by atoms with van der Waals surface area (Å²) in [5.74, 6) is 0. The van der Waals surface area contributed by atoms with Crippen molar-refractivity contribution < 1.29 is 29.5 Å². The molecule has 0 amide bonds. The van der Waals surface area contributed by atoms with Crippen LogP contribution in [-0.2, 0) is 14.2 Å². The largest absolute Gasteiger partial charge is 0.387 e. The predicted octanol–water partition coefficient (Wildman–Crippen LogP) is -1.91. The number of rotatable bonds is 3. The van der Waals surface area contributed by atoms with Crippen LogP contribution in [0, 0.1) is 0 Å². The molecule has 1 saturated heterocycles. The Kier molecular flexibility index (Phi) is 4.24. The van der Waals surface area contributed by atoms with Gasteiger partial charge in [-0.05, 0) is 0 Å². The molecular weight excluding hydrogens is 192 g/mol. The first-order chi connectivity index (χ1) is 6.61. The van der Waals surface area contributed by atoms with E-state index in [1.54, 1.807) is 0 Å². The molecule has 1 aliphatic heterocycles. The van der Waals surface area contributed by atoms with Crippen LogP contribution in [0.5, 0.6) is 0 Å². The molecule has 0 saturated carbocycles. The van der Waals surface area contributed by atoms with Gasteiger partial charge in [-0.25, -0.2) is 0 Å². The van der Waals surface area contributed by atoms with Gasteiger partial charge in [-0.15, -0.1) is 0 Å². The Morgan fingerprint density at radius 2 is 1.71 bits per heavy atom. The van der Waals surface area contributed by atoms with Crippen LogP contribution in [-0.4, -0.2) is 66.9 Å². The molecule has 0 aliphatic carbocycles. The first-order valence-corrected chi connectivity index (χ1v) is 4.33. The molecule has 0 aromatic carbocycles. The Bertz CT molecular complexity index is 171. The molecule has 84 valence electrons. The lowest BCUT2D eigenvalue weighted by Crippen LogP contribution is -2.59. The van der Waals surface area contributed by atoms with Crippen molar-refractivity contribution in [2.45, 2.75) is 30.7 Å². The van der Waals surface area contributed by atoms with E-state index < -0.39 is 30.7 Å². The van der Waals surface area contributed by atoms with Crippen LogP contribution < -0.4 is 0 Å². The van der Waals surface area contributed by atoms with Gasteiger partial charge in [0.2, 0.25) is 0 Å². The van der Waals surface area contributed by atoms with Gasteiger partial charge in [0.15, 0.2) is 6.29 Å². The lowest BCUT2D eigenvalue weighted by molar-refractivity contribution is -0.295. The monoisotopic (exact) mass is 208 g/mol. The third-order valence-corrected chi connectivity index (χ3v) is 2.23. The zero-order chi connectivity index (χ0) is 10.7. The zero-order valence-electron chi connectivity index (χ0n) is 8.16. The molecule has 1 rings (SSSR count). The highest BCUT2D eigenvalue weighted by molar-refractivity contribution is 4.88. The molecule has 1 aliphatic rings. The van der Waals surface area contributed by atoms with Crippen molar-refractivity contribution in [1.82, 2.24) is 0 Å². The molecular formula is C8H16O6. The lowest BCUT2D eigenvalue weighted by Gasteiger charge is -2.39. The highest BCUT2D eigenvalue weighted by Crippen LogP contribution is 2.21. The first kappa shape index (κ1) is 11.8. The molecule has 5 atom stereocenters. The van der Waals surface area contributed by atoms with E-state index in [-0.39, 0.29) is 6.61 Å². The Labute approximate surface area is 82.0 Å². The standard InChI is InChI=1S/C8H16O6/c1-12-3-4-5(9)6(10)7(11)8(13-2)14-4/h4-11H,3H2,1-2H3/t4?,5?,6?,7?,8-/m1/s1. The van der Waals surface area contributed by atoms with E-state index in [1.165, 1.54) is 14.2 Å². The van der Waals surface area contributed by atoms with Gasteiger partial charge in [-0.3, -0.25) is 0 Å². The third-order valence-electron chi connectivity index (χ3n) is 2.23. The van der Waals surface area contributed by atoms with E-state index in [0.29, 0.717) is 0 Å². The molecule has 0 bridgehead atoms. The Balaban J connectivity index is 2.63. The fourth-order valence-electron chi connectivity index (χ4n) is 1.41. The van der Waals surface area contributed by atoms with Crippen LogP contribution in [0.25, 0.3) is 0 Å². The van der Waals surface area contributed by atoms with Gasteiger partial charge in [-0.1, -0.05) is 0 Å². The maximum Gasteiger partial charge on any atom is 0.186 e. The number of ether oxygens (including phenoxy) is 3. The van der Waals surface area contributed by atoms with Gasteiger partial charge in [-0.2, -0.15) is 0 Å². The van der Waals surface area contributed by atoms with Crippen molar-refractivity contribution in [2.24, 2.45) is 0 Å². The average molecular weight is 208 g/mol. The van der Waals surface area contributed by atoms with E-state index in [4.69, 9.17) is 14.2 Å². The van der Waals surface area contributed by atoms with Gasteiger partial charge in [0.1, 0.15) is 24.4 Å². The van der Waals surface area contributed by atoms with Crippen molar-refractivity contribution >= 4 is 0 Å². The molecule has 14 heavy (non-hydrogen) atoms. The van der Waals surface area contributed by atoms with E-state index >= 15 is 0 Å². The molecule has 0 radical (unpaired) electrons. The van der Waals surface area contributed by atoms with Crippen molar-refractivity contribution in [3.05, 3.63) is 0 Å². The molecule has 0 aromatic rings. The van der Waals surface area contributed by atoms with Gasteiger partial charge in [0.05, 0.1) is 6.61 Å². The van der Waals surface area contributed by atoms with Gasteiger partial charge >= 0.3 is 0 Å². The van der Waals surface area contributed by atoms with Crippen molar-refractivity contribution in [1.29, 1.82) is 0 Å². The van der Waals surface area contributed by atoms with Crippen LogP contribution in [0.3, 0.4) is 0 Å². The maximum absolute atomic E-state index is 9.48. The predicted molar refractivity (Wildman–Crippen MR) is 45.6 cm³/mol. The van der Waals surface area contributed by atoms with E-state index in [2.05, 4.69) is 0 Å². The molecule has 3 N–H and O–H groups in total. The first-order valence-electron chi connectivity index (χ1n) is 4.33. The normalized spacial score (nSPS) is 43.9. The minimum atomic E-state index is -1.28. The molecule has 1 fully saturated rings. The minimum absolute atomic E-state index is 0.130. The highest BCUT2D eigenvalue weighted by Gasteiger charge is 2.43. The summed E-state index contributed by atoms with van der Waals surface area (Å²) < 4.78 is 14.8. The van der Waals surface area contributed by atoms with Crippen LogP contribution in [0.1, 0.15) is 0 Å². The Morgan fingerprint density at radius 1 is 1.07 bits per heavy atom. The van der Waals surface area contributed by atoms with E-state index in [0.717, 1.165) is 0 Å². The summed E-state index contributed by atoms with van der Waals surface area (Å²) >= 11 is 0. The maximum atomic E-state index is 9.48. The second kappa shape index (κ2) is 5.01. The summed E-state index contributed by atoms with van der Waals surface area (Å²) in [6, 6.07) is 0. The number of aliphatic hydroxyl groups excluding tert-OH is 3. The molecule has 6 heteroatoms. The third kappa shape index (κ3) is 2.22. The second-order valence-electron chi connectivity index (χ2n) is 3.21. The summed E-state index contributed by atoms with van der Waals surface area (Å²) in [5.41, 5.74) is 0. The topological polar surface area (TPSA) is 88.4 Å². The fraction of sp³-hybridized carbons (Fsp3) is 1.00. The van der Waals surface area contributed by atoms with Gasteiger partial charge in [0.25, 0.3) is 0 Å². The summed E-state index contributed by atoms with van der Waals surface area (Å²) in [7, 11) is 2.80. The summed E-state index contributed by atoms with van der Waals surface area (Å²) in [6.07, 6.45) is -5.33. The molecule has 4 unspecified atom stereocenters. The van der Waals surface area contributed by atoms with Crippen LogP contribution in [0.2, 0.25) is 0 Å². The van der Waals surface area contributed by atoms with Crippen LogP contribution >= 0.6 is 0 Å². The fourth-order valence-corrected chi connectivity index (χ4v) is 1.41. The summed E-state index contributed by atoms with van der Waals surface area (Å²) in [4.78, 5) is 0. The van der Waals surface area contributed by atoms with Crippen LogP contribution in [0.15, 0.2) is 0 Å². The van der Waals surface area contributed by atoms with Gasteiger partial charge < -0.3 is 29.5 Å². The number of hydrogen-bond acceptors (Lipinski definition) is 6. The van der Waals surface area contributed by atoms with E-state index in [9.17, 15) is 15.3 Å². The van der Waals surface area contributed by atoms with Gasteiger partial charge in [0, 0.05) is 14.2 Å². The van der Waals surface area contributed by atoms with E-state index in [1.807, 2.05) is 0 Å². The number of hydrogen-bond donors (Lipinski definition) is 3. The molecule has 0 spiro atoms. The lowest BCUT2D eigenvalue weighted by atomic mass is 9.99. The van der Waals surface area contributed by atoms with Crippen molar-refractivity contribution in [3.63, 3.8) is 0 Å². The highest BCUT2D eigenvalue weighted by atomic mass is 16.7. The summed E-state index contributed by atoms with van der Waals surface area (Å²) in [6.45, 7) is 0.130. The molecule has 0 aromatic heterocycles. The molecule has 1 heterocycles. The Morgan fingerprint density at radius 3 is 2.21 bits per heavy atom. The quantitative estimate of drug-likeness (QED) is 0.501. The van der Waals surface area contributed by atoms with Crippen LogP contribution in [0.4, 0.5) is 0 Å². The molecule has 6 nitrogen and oxygen atoms in total. The Hall–Kier alpha value is -0.240. The van der Waals surface area contributed by atoms with Crippen molar-refractivity contribution in [2.75, 3.05) is 20.8 Å². The number of aliphatic hydroxyl groups is 3. The average Bonchev–Trinajstić information content (AvgIpc) is 2.19. The summed E-state index contributed by atoms with van der Waals surface area (Å²) in [5, 5.41) is 28.3. The number of methoxy groups -OCH3 is 2. The smallest absolute Gasteiger partial charge is 0.186 e. The SMILES string of the molecule is COCC1O[C@@H](OC)C(O)C(O)C1O. The van der Waals surface area contributed by atoms with Crippen molar-refractivity contribution in [3.8, 4) is 0 Å².